The molecule has 1 aliphatic heterocycles. The number of amides is 1. The van der Waals surface area contributed by atoms with E-state index in [1.165, 1.54) is 6.07 Å². The number of halogens is 1. The van der Waals surface area contributed by atoms with Gasteiger partial charge in [-0.25, -0.2) is 9.37 Å². The second-order valence-corrected chi connectivity index (χ2v) is 9.84. The van der Waals surface area contributed by atoms with Gasteiger partial charge in [0.15, 0.2) is 5.82 Å². The van der Waals surface area contributed by atoms with Crippen LogP contribution >= 0.6 is 0 Å². The molecule has 1 unspecified atom stereocenters. The van der Waals surface area contributed by atoms with E-state index in [4.69, 9.17) is 4.98 Å². The fourth-order valence-corrected chi connectivity index (χ4v) is 5.00. The van der Waals surface area contributed by atoms with Gasteiger partial charge >= 0.3 is 0 Å². The maximum atomic E-state index is 14.1. The third-order valence-electron chi connectivity index (χ3n) is 6.91. The zero-order valence-electron chi connectivity index (χ0n) is 20.4. The van der Waals surface area contributed by atoms with Crippen molar-refractivity contribution in [1.29, 1.82) is 0 Å². The first-order valence-corrected chi connectivity index (χ1v) is 12.0. The first-order valence-electron chi connectivity index (χ1n) is 12.0. The number of carbonyl (C=O) groups excluding carboxylic acids is 1. The summed E-state index contributed by atoms with van der Waals surface area (Å²) in [7, 11) is 4.00. The van der Waals surface area contributed by atoms with Crippen molar-refractivity contribution in [2.75, 3.05) is 32.1 Å². The zero-order chi connectivity index (χ0) is 24.6. The summed E-state index contributed by atoms with van der Waals surface area (Å²) in [6.45, 7) is 3.48. The molecule has 7 heteroatoms. The molecule has 1 fully saturated rings. The molecule has 4 aromatic rings. The molecular formula is C28H30FN5O. The van der Waals surface area contributed by atoms with Gasteiger partial charge in [-0.05, 0) is 48.7 Å². The molecule has 6 nitrogen and oxygen atoms in total. The van der Waals surface area contributed by atoms with E-state index in [9.17, 15) is 9.18 Å². The van der Waals surface area contributed by atoms with Gasteiger partial charge in [-0.2, -0.15) is 0 Å². The largest absolute Gasteiger partial charge is 0.361 e. The second kappa shape index (κ2) is 9.13. The van der Waals surface area contributed by atoms with Crippen LogP contribution in [0.15, 0.2) is 67.1 Å². The fraction of sp³-hybridized carbons (Fsp3) is 0.321. The molecule has 5 rings (SSSR count). The van der Waals surface area contributed by atoms with Crippen molar-refractivity contribution in [3.63, 3.8) is 0 Å². The number of carbonyl (C=O) groups is 1. The number of hydrogen-bond donors (Lipinski definition) is 0. The van der Waals surface area contributed by atoms with Crippen LogP contribution in [0.25, 0.3) is 5.52 Å². The predicted octanol–water partition coefficient (Wildman–Crippen LogP) is 4.72. The molecule has 1 saturated heterocycles. The first-order chi connectivity index (χ1) is 16.8. The summed E-state index contributed by atoms with van der Waals surface area (Å²) in [6.07, 6.45) is 7.97. The van der Waals surface area contributed by atoms with Gasteiger partial charge in [-0.3, -0.25) is 9.78 Å². The van der Waals surface area contributed by atoms with E-state index in [-0.39, 0.29) is 17.1 Å². The molecule has 180 valence electrons. The van der Waals surface area contributed by atoms with E-state index in [0.29, 0.717) is 36.3 Å². The molecule has 3 aromatic heterocycles. The highest BCUT2D eigenvalue weighted by molar-refractivity contribution is 5.94. The quantitative estimate of drug-likeness (QED) is 0.423. The average molecular weight is 472 g/mol. The highest BCUT2D eigenvalue weighted by Gasteiger charge is 2.37. The molecule has 1 amide bonds. The lowest BCUT2D eigenvalue weighted by Crippen LogP contribution is -2.47. The number of fused-ring (bicyclic) bond motifs is 1. The average Bonchev–Trinajstić information content (AvgIpc) is 3.33. The normalized spacial score (nSPS) is 18.1. The van der Waals surface area contributed by atoms with Gasteiger partial charge in [0.25, 0.3) is 5.91 Å². The maximum Gasteiger partial charge on any atom is 0.254 e. The van der Waals surface area contributed by atoms with Crippen LogP contribution in [0.5, 0.6) is 0 Å². The Balaban J connectivity index is 1.40. The smallest absolute Gasteiger partial charge is 0.254 e. The molecule has 1 aromatic carbocycles. The van der Waals surface area contributed by atoms with E-state index in [0.717, 1.165) is 29.9 Å². The monoisotopic (exact) mass is 471 g/mol. The van der Waals surface area contributed by atoms with Crippen molar-refractivity contribution < 1.29 is 9.18 Å². The number of piperidine rings is 1. The Bertz CT molecular complexity index is 1380. The number of hydrogen-bond acceptors (Lipinski definition) is 4. The fourth-order valence-electron chi connectivity index (χ4n) is 5.00. The van der Waals surface area contributed by atoms with Crippen molar-refractivity contribution in [2.45, 2.75) is 31.6 Å². The summed E-state index contributed by atoms with van der Waals surface area (Å²) in [5.74, 6) is 0.633. The Morgan fingerprint density at radius 2 is 2.00 bits per heavy atom. The minimum absolute atomic E-state index is 0.0250. The van der Waals surface area contributed by atoms with Crippen LogP contribution in [0.2, 0.25) is 0 Å². The van der Waals surface area contributed by atoms with Gasteiger partial charge < -0.3 is 14.2 Å². The minimum atomic E-state index is -0.264. The Kier molecular flexibility index (Phi) is 6.01. The number of likely N-dealkylation sites (tertiary alicyclic amines) is 1. The minimum Gasteiger partial charge on any atom is -0.361 e. The van der Waals surface area contributed by atoms with E-state index in [1.807, 2.05) is 42.2 Å². The molecule has 0 spiro atoms. The summed E-state index contributed by atoms with van der Waals surface area (Å²) < 4.78 is 16.2. The van der Waals surface area contributed by atoms with Gasteiger partial charge in [-0.15, -0.1) is 0 Å². The van der Waals surface area contributed by atoms with Crippen LogP contribution in [-0.2, 0) is 11.8 Å². The van der Waals surface area contributed by atoms with Crippen LogP contribution in [-0.4, -0.2) is 52.4 Å². The van der Waals surface area contributed by atoms with Crippen LogP contribution in [0.3, 0.4) is 0 Å². The lowest BCUT2D eigenvalue weighted by molar-refractivity contribution is 0.0647. The SMILES string of the molecule is CN(C)c1nc(C2(C)CCCN(C(=O)c3ccnc(Cc4ccccc4F)c3)C2)cn2cccc12. The molecule has 0 radical (unpaired) electrons. The second-order valence-electron chi connectivity index (χ2n) is 9.84. The van der Waals surface area contributed by atoms with Crippen molar-refractivity contribution in [3.05, 3.63) is 95.5 Å². The number of aromatic nitrogens is 3. The lowest BCUT2D eigenvalue weighted by Gasteiger charge is -2.40. The van der Waals surface area contributed by atoms with Gasteiger partial charge in [0.1, 0.15) is 5.82 Å². The summed E-state index contributed by atoms with van der Waals surface area (Å²) in [5.41, 5.74) is 3.61. The third-order valence-corrected chi connectivity index (χ3v) is 6.91. The van der Waals surface area contributed by atoms with Gasteiger partial charge in [0.05, 0.1) is 11.2 Å². The maximum absolute atomic E-state index is 14.1. The summed E-state index contributed by atoms with van der Waals surface area (Å²) in [6, 6.07) is 14.3. The molecule has 0 saturated carbocycles. The van der Waals surface area contributed by atoms with Crippen molar-refractivity contribution in [1.82, 2.24) is 19.3 Å². The van der Waals surface area contributed by atoms with E-state index >= 15 is 0 Å². The standard InChI is InChI=1S/C28H30FN5O/c1-28(25-18-33-14-6-10-24(33)26(31-25)32(2)3)12-7-15-34(19-28)27(35)21-11-13-30-22(17-21)16-20-8-4-5-9-23(20)29/h4-6,8-11,13-14,17-18H,7,12,15-16,19H2,1-3H3. The Morgan fingerprint density at radius 1 is 1.17 bits per heavy atom. The summed E-state index contributed by atoms with van der Waals surface area (Å²) in [5, 5.41) is 0. The van der Waals surface area contributed by atoms with Crippen molar-refractivity contribution >= 4 is 17.2 Å². The summed E-state index contributed by atoms with van der Waals surface area (Å²) >= 11 is 0. The number of anilines is 1. The van der Waals surface area contributed by atoms with Crippen LogP contribution in [0.1, 0.15) is 47.1 Å². The predicted molar refractivity (Wildman–Crippen MR) is 135 cm³/mol. The van der Waals surface area contributed by atoms with Gasteiger partial charge in [-0.1, -0.05) is 25.1 Å². The Morgan fingerprint density at radius 3 is 2.80 bits per heavy atom. The van der Waals surface area contributed by atoms with Gasteiger partial charge in [0, 0.05) is 68.9 Å². The number of nitrogens with zero attached hydrogens (tertiary/aromatic N) is 5. The van der Waals surface area contributed by atoms with Crippen LogP contribution < -0.4 is 4.90 Å². The van der Waals surface area contributed by atoms with Crippen LogP contribution in [0, 0.1) is 5.82 Å². The highest BCUT2D eigenvalue weighted by atomic mass is 19.1. The first kappa shape index (κ1) is 23.0. The molecule has 1 atom stereocenters. The molecular weight excluding hydrogens is 441 g/mol. The number of rotatable bonds is 5. The Labute approximate surface area is 205 Å². The summed E-state index contributed by atoms with van der Waals surface area (Å²) in [4.78, 5) is 26.9. The number of benzene rings is 1. The molecule has 0 bridgehead atoms. The molecule has 35 heavy (non-hydrogen) atoms. The van der Waals surface area contributed by atoms with Crippen molar-refractivity contribution in [3.8, 4) is 0 Å². The molecule has 0 N–H and O–H groups in total. The van der Waals surface area contributed by atoms with E-state index in [2.05, 4.69) is 28.6 Å². The van der Waals surface area contributed by atoms with Crippen LogP contribution in [0.4, 0.5) is 10.2 Å². The molecule has 0 aliphatic carbocycles. The Hall–Kier alpha value is -3.74. The molecule has 4 heterocycles. The number of pyridine rings is 1. The third kappa shape index (κ3) is 4.50. The van der Waals surface area contributed by atoms with E-state index < -0.39 is 0 Å². The van der Waals surface area contributed by atoms with E-state index in [1.54, 1.807) is 30.5 Å². The lowest BCUT2D eigenvalue weighted by atomic mass is 9.79. The molecule has 1 aliphatic rings. The van der Waals surface area contributed by atoms with Gasteiger partial charge in [0.2, 0.25) is 0 Å². The topological polar surface area (TPSA) is 53.7 Å². The zero-order valence-corrected chi connectivity index (χ0v) is 20.4. The highest BCUT2D eigenvalue weighted by Crippen LogP contribution is 2.35. The van der Waals surface area contributed by atoms with Crippen molar-refractivity contribution in [2.24, 2.45) is 0 Å².